The fourth-order valence-electron chi connectivity index (χ4n) is 5.84. The van der Waals surface area contributed by atoms with Crippen molar-refractivity contribution < 1.29 is 4.52 Å². The SMILES string of the molecule is CCC12C=C(c3nc(C)no3)n3c4c(c5ccccc53)CCN(CCC1)[C@H]42. The Hall–Kier alpha value is -2.40. The van der Waals surface area contributed by atoms with Crippen LogP contribution in [0.5, 0.6) is 0 Å². The summed E-state index contributed by atoms with van der Waals surface area (Å²) >= 11 is 0. The normalized spacial score (nSPS) is 26.9. The summed E-state index contributed by atoms with van der Waals surface area (Å²) in [5.74, 6) is 1.33. The van der Waals surface area contributed by atoms with Crippen LogP contribution in [-0.2, 0) is 6.42 Å². The van der Waals surface area contributed by atoms with Crippen molar-refractivity contribution in [3.05, 3.63) is 53.3 Å². The zero-order valence-corrected chi connectivity index (χ0v) is 15.9. The predicted octanol–water partition coefficient (Wildman–Crippen LogP) is 4.32. The number of benzene rings is 1. The van der Waals surface area contributed by atoms with E-state index in [1.165, 1.54) is 41.5 Å². The molecule has 3 aromatic rings. The van der Waals surface area contributed by atoms with E-state index in [9.17, 15) is 0 Å². The summed E-state index contributed by atoms with van der Waals surface area (Å²) in [5.41, 5.74) is 5.48. The Kier molecular flexibility index (Phi) is 3.08. The van der Waals surface area contributed by atoms with Crippen molar-refractivity contribution in [3.8, 4) is 0 Å². The average molecular weight is 360 g/mol. The highest BCUT2D eigenvalue weighted by Gasteiger charge is 2.50. The molecule has 5 nitrogen and oxygen atoms in total. The number of hydrogen-bond acceptors (Lipinski definition) is 4. The molecule has 2 atom stereocenters. The van der Waals surface area contributed by atoms with E-state index in [1.54, 1.807) is 0 Å². The summed E-state index contributed by atoms with van der Waals surface area (Å²) in [6.45, 7) is 6.59. The highest BCUT2D eigenvalue weighted by atomic mass is 16.5. The zero-order valence-electron chi connectivity index (χ0n) is 15.9. The van der Waals surface area contributed by atoms with Gasteiger partial charge in [-0.05, 0) is 56.9 Å². The molecule has 5 heteroatoms. The largest absolute Gasteiger partial charge is 0.332 e. The second-order valence-corrected chi connectivity index (χ2v) is 8.27. The van der Waals surface area contributed by atoms with E-state index in [4.69, 9.17) is 4.52 Å². The molecular weight excluding hydrogens is 336 g/mol. The molecule has 5 heterocycles. The number of aromatic nitrogens is 3. The summed E-state index contributed by atoms with van der Waals surface area (Å²) in [5, 5.41) is 5.46. The fourth-order valence-corrected chi connectivity index (χ4v) is 5.84. The number of aryl methyl sites for hydroxylation is 1. The number of hydrogen-bond donors (Lipinski definition) is 0. The van der Waals surface area contributed by atoms with E-state index in [1.807, 2.05) is 6.92 Å². The zero-order chi connectivity index (χ0) is 18.2. The van der Waals surface area contributed by atoms with Gasteiger partial charge in [-0.3, -0.25) is 4.90 Å². The molecule has 138 valence electrons. The summed E-state index contributed by atoms with van der Waals surface area (Å²) in [4.78, 5) is 7.33. The molecule has 1 unspecified atom stereocenters. The Balaban J connectivity index is 1.73. The van der Waals surface area contributed by atoms with Crippen molar-refractivity contribution in [2.75, 3.05) is 13.1 Å². The topological polar surface area (TPSA) is 47.1 Å². The smallest absolute Gasteiger partial charge is 0.274 e. The maximum atomic E-state index is 5.67. The minimum Gasteiger partial charge on any atom is -0.332 e. The quantitative estimate of drug-likeness (QED) is 0.683. The third kappa shape index (κ3) is 1.93. The van der Waals surface area contributed by atoms with Crippen LogP contribution in [0, 0.1) is 12.3 Å². The molecule has 0 spiro atoms. The Labute approximate surface area is 158 Å². The van der Waals surface area contributed by atoms with Gasteiger partial charge in [-0.2, -0.15) is 4.98 Å². The first-order valence-electron chi connectivity index (χ1n) is 10.1. The third-order valence-electron chi connectivity index (χ3n) is 7.00. The van der Waals surface area contributed by atoms with Crippen molar-refractivity contribution in [3.63, 3.8) is 0 Å². The molecular formula is C22H24N4O. The lowest BCUT2D eigenvalue weighted by Crippen LogP contribution is -2.50. The van der Waals surface area contributed by atoms with Gasteiger partial charge in [0.2, 0.25) is 0 Å². The first-order chi connectivity index (χ1) is 13.2. The van der Waals surface area contributed by atoms with Crippen LogP contribution in [-0.4, -0.2) is 32.7 Å². The van der Waals surface area contributed by atoms with Crippen molar-refractivity contribution in [1.29, 1.82) is 0 Å². The van der Waals surface area contributed by atoms with Crippen LogP contribution in [0.3, 0.4) is 0 Å². The molecule has 1 aromatic carbocycles. The fraction of sp³-hybridized carbons (Fsp3) is 0.455. The van der Waals surface area contributed by atoms with Crippen molar-refractivity contribution in [2.45, 2.75) is 45.6 Å². The van der Waals surface area contributed by atoms with Gasteiger partial charge < -0.3 is 9.09 Å². The molecule has 1 saturated heterocycles. The first-order valence-corrected chi connectivity index (χ1v) is 10.1. The summed E-state index contributed by atoms with van der Waals surface area (Å²) < 4.78 is 8.09. The maximum absolute atomic E-state index is 5.67. The van der Waals surface area contributed by atoms with Gasteiger partial charge in [0.1, 0.15) is 5.70 Å². The molecule has 3 aliphatic rings. The Morgan fingerprint density at radius 2 is 2.15 bits per heavy atom. The van der Waals surface area contributed by atoms with Gasteiger partial charge in [-0.1, -0.05) is 30.3 Å². The molecule has 6 rings (SSSR count). The second kappa shape index (κ2) is 5.32. The summed E-state index contributed by atoms with van der Waals surface area (Å²) in [7, 11) is 0. The highest BCUT2D eigenvalue weighted by Crippen LogP contribution is 2.57. The van der Waals surface area contributed by atoms with E-state index in [0.717, 1.165) is 25.1 Å². The van der Waals surface area contributed by atoms with Crippen LogP contribution in [0.1, 0.15) is 55.2 Å². The molecule has 0 N–H and O–H groups in total. The van der Waals surface area contributed by atoms with Gasteiger partial charge in [0.05, 0.1) is 11.6 Å². The monoisotopic (exact) mass is 360 g/mol. The van der Waals surface area contributed by atoms with Gasteiger partial charge in [0.15, 0.2) is 5.82 Å². The van der Waals surface area contributed by atoms with Crippen molar-refractivity contribution in [1.82, 2.24) is 19.6 Å². The summed E-state index contributed by atoms with van der Waals surface area (Å²) in [6, 6.07) is 9.26. The van der Waals surface area contributed by atoms with E-state index >= 15 is 0 Å². The third-order valence-corrected chi connectivity index (χ3v) is 7.00. The molecule has 0 amide bonds. The van der Waals surface area contributed by atoms with E-state index in [0.29, 0.717) is 17.8 Å². The minimum absolute atomic E-state index is 0.148. The molecule has 27 heavy (non-hydrogen) atoms. The Bertz CT molecular complexity index is 1090. The number of fused-ring (bicyclic) bond motifs is 3. The molecule has 0 saturated carbocycles. The van der Waals surface area contributed by atoms with Crippen LogP contribution < -0.4 is 0 Å². The lowest BCUT2D eigenvalue weighted by atomic mass is 9.66. The van der Waals surface area contributed by atoms with Crippen molar-refractivity contribution >= 4 is 16.6 Å². The predicted molar refractivity (Wildman–Crippen MR) is 104 cm³/mol. The minimum atomic E-state index is 0.148. The van der Waals surface area contributed by atoms with E-state index in [2.05, 4.69) is 56.9 Å². The van der Waals surface area contributed by atoms with Crippen LogP contribution in [0.25, 0.3) is 16.6 Å². The Morgan fingerprint density at radius 1 is 1.26 bits per heavy atom. The van der Waals surface area contributed by atoms with Crippen LogP contribution in [0.2, 0.25) is 0 Å². The number of piperidine rings is 1. The van der Waals surface area contributed by atoms with Crippen LogP contribution in [0.4, 0.5) is 0 Å². The first kappa shape index (κ1) is 15.6. The van der Waals surface area contributed by atoms with Crippen LogP contribution in [0.15, 0.2) is 34.9 Å². The van der Waals surface area contributed by atoms with E-state index in [-0.39, 0.29) is 5.41 Å². The lowest BCUT2D eigenvalue weighted by Gasteiger charge is -2.53. The number of nitrogens with zero attached hydrogens (tertiary/aromatic N) is 4. The highest BCUT2D eigenvalue weighted by molar-refractivity contribution is 5.91. The number of rotatable bonds is 2. The second-order valence-electron chi connectivity index (χ2n) is 8.27. The van der Waals surface area contributed by atoms with Crippen LogP contribution >= 0.6 is 0 Å². The summed E-state index contributed by atoms with van der Waals surface area (Å²) in [6.07, 6.45) is 7.20. The standard InChI is InChI=1S/C22H24N4O/c1-3-22-10-6-11-25-12-9-16-15-7-4-5-8-17(15)26(19(16)20(22)25)18(13-22)21-23-14(2)24-27-21/h4-5,7-8,13,20H,3,6,9-12H2,1-2H3/t20-,22?/m1/s1. The van der Waals surface area contributed by atoms with Crippen molar-refractivity contribution in [2.24, 2.45) is 5.41 Å². The average Bonchev–Trinajstić information content (AvgIpc) is 3.28. The molecule has 1 fully saturated rings. The van der Waals surface area contributed by atoms with Gasteiger partial charge in [-0.15, -0.1) is 0 Å². The molecule has 0 aliphatic carbocycles. The lowest BCUT2D eigenvalue weighted by molar-refractivity contribution is 0.0269. The number of para-hydroxylation sites is 1. The Morgan fingerprint density at radius 3 is 2.96 bits per heavy atom. The molecule has 3 aliphatic heterocycles. The van der Waals surface area contributed by atoms with Gasteiger partial charge in [0.25, 0.3) is 5.89 Å². The maximum Gasteiger partial charge on any atom is 0.274 e. The van der Waals surface area contributed by atoms with Gasteiger partial charge >= 0.3 is 0 Å². The van der Waals surface area contributed by atoms with Gasteiger partial charge in [0, 0.05) is 23.0 Å². The molecule has 0 radical (unpaired) electrons. The van der Waals surface area contributed by atoms with Gasteiger partial charge in [-0.25, -0.2) is 0 Å². The molecule has 0 bridgehead atoms. The van der Waals surface area contributed by atoms with E-state index < -0.39 is 0 Å². The molecule has 2 aromatic heterocycles.